The minimum absolute atomic E-state index is 0. The fourth-order valence-corrected chi connectivity index (χ4v) is 4.58. The van der Waals surface area contributed by atoms with Gasteiger partial charge in [0.15, 0.2) is 0 Å². The van der Waals surface area contributed by atoms with E-state index in [0.717, 1.165) is 38.7 Å². The maximum atomic E-state index is 10.8. The van der Waals surface area contributed by atoms with Gasteiger partial charge in [-0.25, -0.2) is 26.5 Å². The predicted molar refractivity (Wildman–Crippen MR) is 174 cm³/mol. The third kappa shape index (κ3) is 9.34. The van der Waals surface area contributed by atoms with Crippen molar-refractivity contribution in [2.45, 2.75) is 6.42 Å². The molecule has 0 fully saturated rings. The van der Waals surface area contributed by atoms with Gasteiger partial charge in [-0.1, -0.05) is 109 Å². The van der Waals surface area contributed by atoms with Crippen molar-refractivity contribution < 1.29 is 51.4 Å². The zero-order valence-electron chi connectivity index (χ0n) is 24.1. The van der Waals surface area contributed by atoms with E-state index in [2.05, 4.69) is 12.2 Å². The van der Waals surface area contributed by atoms with Crippen LogP contribution in [0.15, 0.2) is 146 Å². The summed E-state index contributed by atoms with van der Waals surface area (Å²) in [5, 5.41) is 31.9. The molecule has 0 bridgehead atoms. The Morgan fingerprint density at radius 2 is 0.778 bits per heavy atom. The second-order valence-electron chi connectivity index (χ2n) is 9.50. The Balaban J connectivity index is 0.000000169. The number of hydrogen-bond donors (Lipinski definition) is 3. The van der Waals surface area contributed by atoms with Gasteiger partial charge in [-0.3, -0.25) is 6.08 Å². The second kappa shape index (κ2) is 17.1. The molecular weight excluding hydrogens is 600 g/mol. The Bertz CT molecular complexity index is 1760. The molecule has 6 aromatic rings. The fourth-order valence-electron chi connectivity index (χ4n) is 4.58. The molecule has 0 saturated carbocycles. The molecule has 7 rings (SSSR count). The van der Waals surface area contributed by atoms with E-state index in [0.29, 0.717) is 16.7 Å². The summed E-state index contributed by atoms with van der Waals surface area (Å²) in [5.74, 6) is -2.63. The zero-order chi connectivity index (χ0) is 31.3. The van der Waals surface area contributed by atoms with Crippen LogP contribution in [0.5, 0.6) is 0 Å². The Morgan fingerprint density at radius 3 is 1.02 bits per heavy atom. The number of carboxylic acid groups (broad SMARTS) is 3. The number of hydrogen-bond acceptors (Lipinski definition) is 3. The first-order valence-electron chi connectivity index (χ1n) is 13.7. The summed E-state index contributed by atoms with van der Waals surface area (Å²) in [5.41, 5.74) is 1.08. The summed E-state index contributed by atoms with van der Waals surface area (Å²) in [4.78, 5) is 32.4. The molecule has 0 saturated heterocycles. The van der Waals surface area contributed by atoms with Gasteiger partial charge in [-0.2, -0.15) is 6.08 Å². The molecule has 1 aliphatic carbocycles. The van der Waals surface area contributed by atoms with E-state index in [1.165, 1.54) is 0 Å². The summed E-state index contributed by atoms with van der Waals surface area (Å²) in [6.07, 6.45) is 10.0. The van der Waals surface area contributed by atoms with Gasteiger partial charge >= 0.3 is 17.9 Å². The average molecular weight is 630 g/mol. The van der Waals surface area contributed by atoms with Crippen molar-refractivity contribution in [3.05, 3.63) is 168 Å². The number of aromatic carboxylic acids is 3. The standard InChI is InChI=1S/3C11H8O2.C5H5.Ti/c3*12-11(13)10-7-3-5-8-4-1-2-6-9(8)10;1-2-4-5-3-1;/h3*1-7H,(H,12,13);1-3H,4H2;/q;;;-1;. The summed E-state index contributed by atoms with van der Waals surface area (Å²) >= 11 is 0. The van der Waals surface area contributed by atoms with Crippen LogP contribution >= 0.6 is 0 Å². The Morgan fingerprint density at radius 1 is 0.467 bits per heavy atom. The first kappa shape index (κ1) is 34.2. The monoisotopic (exact) mass is 629 g/mol. The molecule has 0 atom stereocenters. The van der Waals surface area contributed by atoms with Crippen molar-refractivity contribution in [2.24, 2.45) is 0 Å². The van der Waals surface area contributed by atoms with Gasteiger partial charge in [0, 0.05) is 21.7 Å². The van der Waals surface area contributed by atoms with Gasteiger partial charge in [0.1, 0.15) is 0 Å². The smallest absolute Gasteiger partial charge is 0.336 e. The van der Waals surface area contributed by atoms with Crippen molar-refractivity contribution in [3.63, 3.8) is 0 Å². The molecule has 0 spiro atoms. The molecule has 222 valence electrons. The van der Waals surface area contributed by atoms with E-state index in [4.69, 9.17) is 15.3 Å². The summed E-state index contributed by atoms with van der Waals surface area (Å²) in [6, 6.07) is 38.2. The van der Waals surface area contributed by atoms with E-state index >= 15 is 0 Å². The minimum Gasteiger partial charge on any atom is -0.478 e. The van der Waals surface area contributed by atoms with Gasteiger partial charge < -0.3 is 15.3 Å². The van der Waals surface area contributed by atoms with Crippen LogP contribution in [0.2, 0.25) is 0 Å². The number of fused-ring (bicyclic) bond motifs is 3. The van der Waals surface area contributed by atoms with Gasteiger partial charge in [0.25, 0.3) is 0 Å². The van der Waals surface area contributed by atoms with Crippen LogP contribution in [0.3, 0.4) is 0 Å². The average Bonchev–Trinajstić information content (AvgIpc) is 3.65. The molecule has 45 heavy (non-hydrogen) atoms. The van der Waals surface area contributed by atoms with Crippen molar-refractivity contribution >= 4 is 50.2 Å². The van der Waals surface area contributed by atoms with Crippen LogP contribution in [0.1, 0.15) is 37.5 Å². The number of allylic oxidation sites excluding steroid dienone is 4. The second-order valence-corrected chi connectivity index (χ2v) is 9.50. The Labute approximate surface area is 275 Å². The summed E-state index contributed by atoms with van der Waals surface area (Å²) < 4.78 is 0. The van der Waals surface area contributed by atoms with Crippen molar-refractivity contribution in [3.8, 4) is 0 Å². The third-order valence-electron chi connectivity index (χ3n) is 6.65. The summed E-state index contributed by atoms with van der Waals surface area (Å²) in [7, 11) is 0. The maximum absolute atomic E-state index is 10.8. The maximum Gasteiger partial charge on any atom is 0.336 e. The van der Waals surface area contributed by atoms with Crippen molar-refractivity contribution in [2.75, 3.05) is 0 Å². The van der Waals surface area contributed by atoms with E-state index in [-0.39, 0.29) is 21.7 Å². The SMILES string of the molecule is O=C(O)c1cccc2ccccc12.O=C(O)c1cccc2ccccc12.O=C(O)c1cccc2ccccc12.[C-]1=CC=CC1.[Ti]. The quantitative estimate of drug-likeness (QED) is 0.133. The molecule has 0 heterocycles. The van der Waals surface area contributed by atoms with Crippen LogP contribution < -0.4 is 0 Å². The zero-order valence-corrected chi connectivity index (χ0v) is 25.7. The molecule has 0 aromatic heterocycles. The first-order valence-corrected chi connectivity index (χ1v) is 13.7. The molecule has 3 N–H and O–H groups in total. The normalized spacial score (nSPS) is 10.8. The fraction of sp³-hybridized carbons (Fsp3) is 0.0263. The van der Waals surface area contributed by atoms with Crippen molar-refractivity contribution in [1.82, 2.24) is 0 Å². The third-order valence-corrected chi connectivity index (χ3v) is 6.65. The molecule has 0 aliphatic heterocycles. The largest absolute Gasteiger partial charge is 0.478 e. The van der Waals surface area contributed by atoms with Gasteiger partial charge in [-0.05, 0) is 50.5 Å². The molecule has 7 heteroatoms. The molecular formula is C38H29O6Ti-. The number of carbonyl (C=O) groups is 3. The van der Waals surface area contributed by atoms with Gasteiger partial charge in [-0.15, -0.1) is 6.42 Å². The first-order chi connectivity index (χ1) is 21.4. The molecule has 0 amide bonds. The van der Waals surface area contributed by atoms with E-state index in [9.17, 15) is 14.4 Å². The number of carboxylic acids is 3. The van der Waals surface area contributed by atoms with Crippen LogP contribution in [0.25, 0.3) is 32.3 Å². The van der Waals surface area contributed by atoms with E-state index in [1.807, 2.05) is 103 Å². The molecule has 1 aliphatic rings. The Kier molecular flexibility index (Phi) is 13.0. The Hall–Kier alpha value is -5.30. The molecule has 6 aromatic carbocycles. The predicted octanol–water partition coefficient (Wildman–Crippen LogP) is 8.92. The number of rotatable bonds is 3. The van der Waals surface area contributed by atoms with Gasteiger partial charge in [0.2, 0.25) is 0 Å². The van der Waals surface area contributed by atoms with Gasteiger partial charge in [0.05, 0.1) is 16.7 Å². The van der Waals surface area contributed by atoms with Crippen LogP contribution in [0, 0.1) is 6.08 Å². The molecule has 0 radical (unpaired) electrons. The van der Waals surface area contributed by atoms with Crippen LogP contribution in [0.4, 0.5) is 0 Å². The van der Waals surface area contributed by atoms with E-state index in [1.54, 1.807) is 36.4 Å². The van der Waals surface area contributed by atoms with Crippen LogP contribution in [-0.2, 0) is 21.7 Å². The molecule has 6 nitrogen and oxygen atoms in total. The topological polar surface area (TPSA) is 112 Å². The van der Waals surface area contributed by atoms with Crippen molar-refractivity contribution in [1.29, 1.82) is 0 Å². The minimum atomic E-state index is -0.878. The van der Waals surface area contributed by atoms with Crippen LogP contribution in [-0.4, -0.2) is 33.2 Å². The van der Waals surface area contributed by atoms with E-state index < -0.39 is 17.9 Å². The molecule has 0 unspecified atom stereocenters. The summed E-state index contributed by atoms with van der Waals surface area (Å²) in [6.45, 7) is 0. The number of benzene rings is 6.